The largest absolute Gasteiger partial charge is 0.489 e. The molecule has 35 heavy (non-hydrogen) atoms. The number of nitrogens with two attached hydrogens (primary N) is 1. The quantitative estimate of drug-likeness (QED) is 0.127. The van der Waals surface area contributed by atoms with Gasteiger partial charge in [-0.1, -0.05) is 12.1 Å². The Hall–Kier alpha value is -3.52. The van der Waals surface area contributed by atoms with Crippen LogP contribution in [-0.4, -0.2) is 75.9 Å². The fraction of sp³-hybridized carbons (Fsp3) is 0.455. The van der Waals surface area contributed by atoms with E-state index in [1.807, 2.05) is 12.1 Å². The smallest absolute Gasteiger partial charge is 0.299 e. The van der Waals surface area contributed by atoms with Crippen LogP contribution in [0.15, 0.2) is 42.5 Å². The normalized spacial score (nSPS) is 10.7. The van der Waals surface area contributed by atoms with Gasteiger partial charge in [-0.2, -0.15) is 0 Å². The molecule has 0 amide bonds. The number of anilines is 2. The lowest BCUT2D eigenvalue weighted by atomic mass is 10.2. The van der Waals surface area contributed by atoms with Gasteiger partial charge >= 0.3 is 0 Å². The summed E-state index contributed by atoms with van der Waals surface area (Å²) in [6.45, 7) is 3.84. The summed E-state index contributed by atoms with van der Waals surface area (Å²) in [7, 11) is 0. The molecule has 3 N–H and O–H groups in total. The van der Waals surface area contributed by atoms with Crippen molar-refractivity contribution >= 4 is 22.7 Å². The summed E-state index contributed by atoms with van der Waals surface area (Å²) >= 11 is 0. The second kappa shape index (κ2) is 16.2. The van der Waals surface area contributed by atoms with E-state index in [9.17, 15) is 20.2 Å². The maximum atomic E-state index is 11.1. The number of hydrogen-bond donors (Lipinski definition) is 2. The Morgan fingerprint density at radius 1 is 0.743 bits per heavy atom. The summed E-state index contributed by atoms with van der Waals surface area (Å²) < 4.78 is 27.1. The van der Waals surface area contributed by atoms with Crippen LogP contribution < -0.4 is 15.8 Å². The number of nitrogens with zero attached hydrogens (tertiary/aromatic N) is 2. The maximum Gasteiger partial charge on any atom is 0.299 e. The first-order valence-corrected chi connectivity index (χ1v) is 10.9. The number of benzene rings is 2. The van der Waals surface area contributed by atoms with Crippen LogP contribution in [0, 0.1) is 20.2 Å². The van der Waals surface area contributed by atoms with E-state index in [2.05, 4.69) is 5.32 Å². The number of hydrogen-bond acceptors (Lipinski definition) is 11. The topological polar surface area (TPSA) is 170 Å². The molecular formula is C22H30N4O9. The van der Waals surface area contributed by atoms with E-state index in [-0.39, 0.29) is 23.7 Å². The zero-order chi connectivity index (χ0) is 25.3. The molecule has 0 spiro atoms. The fourth-order valence-electron chi connectivity index (χ4n) is 2.78. The van der Waals surface area contributed by atoms with Crippen LogP contribution in [0.2, 0.25) is 0 Å². The SMILES string of the molecule is Nc1ccccc1OCCOCCOCCOCCOCCNc1ccc([N+](=O)[O-])cc1[N+](=O)[O-]. The molecule has 13 heteroatoms. The number of ether oxygens (including phenoxy) is 5. The van der Waals surface area contributed by atoms with Crippen molar-refractivity contribution in [1.29, 1.82) is 0 Å². The number of nitrogen functional groups attached to an aromatic ring is 1. The zero-order valence-corrected chi connectivity index (χ0v) is 19.3. The Morgan fingerprint density at radius 3 is 1.89 bits per heavy atom. The summed E-state index contributed by atoms with van der Waals surface area (Å²) in [6, 6.07) is 10.7. The predicted octanol–water partition coefficient (Wildman–Crippen LogP) is 2.64. The molecule has 0 aliphatic carbocycles. The van der Waals surface area contributed by atoms with E-state index >= 15 is 0 Å². The summed E-state index contributed by atoms with van der Waals surface area (Å²) in [6.07, 6.45) is 0. The van der Waals surface area contributed by atoms with Crippen molar-refractivity contribution in [2.24, 2.45) is 0 Å². The van der Waals surface area contributed by atoms with Gasteiger partial charge < -0.3 is 34.7 Å². The highest BCUT2D eigenvalue weighted by Crippen LogP contribution is 2.28. The molecule has 2 aromatic carbocycles. The standard InChI is InChI=1S/C22H30N4O9/c23-19-3-1-2-4-22(19)35-16-15-34-14-13-33-12-11-32-10-9-31-8-7-24-20-6-5-18(25(27)28)17-21(20)26(29)30/h1-6,17,24H,7-16,23H2. The molecule has 0 heterocycles. The molecule has 0 saturated heterocycles. The first-order chi connectivity index (χ1) is 17.0. The second-order valence-corrected chi connectivity index (χ2v) is 6.98. The molecule has 192 valence electrons. The molecular weight excluding hydrogens is 464 g/mol. The summed E-state index contributed by atoms with van der Waals surface area (Å²) in [5, 5.41) is 24.7. The lowest BCUT2D eigenvalue weighted by Crippen LogP contribution is -2.15. The number of nitrogens with one attached hydrogen (secondary N) is 1. The molecule has 0 bridgehead atoms. The molecule has 0 fully saturated rings. The van der Waals surface area contributed by atoms with Crippen LogP contribution >= 0.6 is 0 Å². The van der Waals surface area contributed by atoms with E-state index < -0.39 is 9.85 Å². The van der Waals surface area contributed by atoms with Gasteiger partial charge in [0.2, 0.25) is 0 Å². The molecule has 0 unspecified atom stereocenters. The molecule has 0 aromatic heterocycles. The highest BCUT2D eigenvalue weighted by molar-refractivity contribution is 5.65. The maximum absolute atomic E-state index is 11.1. The second-order valence-electron chi connectivity index (χ2n) is 6.98. The van der Waals surface area contributed by atoms with E-state index in [4.69, 9.17) is 29.4 Å². The third-order valence-electron chi connectivity index (χ3n) is 4.47. The van der Waals surface area contributed by atoms with Crippen LogP contribution in [0.4, 0.5) is 22.7 Å². The van der Waals surface area contributed by atoms with Gasteiger partial charge in [-0.3, -0.25) is 20.2 Å². The van der Waals surface area contributed by atoms with Gasteiger partial charge in [0, 0.05) is 12.6 Å². The Labute approximate surface area is 202 Å². The van der Waals surface area contributed by atoms with Crippen molar-refractivity contribution in [3.8, 4) is 5.75 Å². The summed E-state index contributed by atoms with van der Waals surface area (Å²) in [5.74, 6) is 0.637. The molecule has 2 rings (SSSR count). The minimum absolute atomic E-state index is 0.190. The molecule has 0 saturated carbocycles. The monoisotopic (exact) mass is 494 g/mol. The van der Waals surface area contributed by atoms with Gasteiger partial charge in [0.1, 0.15) is 18.0 Å². The number of nitro groups is 2. The van der Waals surface area contributed by atoms with Crippen molar-refractivity contribution < 1.29 is 33.5 Å². The van der Waals surface area contributed by atoms with Gasteiger partial charge in [-0.05, 0) is 18.2 Å². The van der Waals surface area contributed by atoms with Gasteiger partial charge in [-0.25, -0.2) is 0 Å². The van der Waals surface area contributed by atoms with E-state index in [1.165, 1.54) is 12.1 Å². The third kappa shape index (κ3) is 11.0. The first-order valence-electron chi connectivity index (χ1n) is 10.9. The minimum atomic E-state index is -0.681. The first kappa shape index (κ1) is 27.7. The number of rotatable bonds is 19. The highest BCUT2D eigenvalue weighted by atomic mass is 16.6. The molecule has 0 aliphatic rings. The molecule has 0 atom stereocenters. The molecule has 13 nitrogen and oxygen atoms in total. The lowest BCUT2D eigenvalue weighted by Gasteiger charge is -2.10. The third-order valence-corrected chi connectivity index (χ3v) is 4.47. The van der Waals surface area contributed by atoms with Gasteiger partial charge in [0.15, 0.2) is 0 Å². The fourth-order valence-corrected chi connectivity index (χ4v) is 2.78. The Kier molecular flexibility index (Phi) is 12.8. The Balaban J connectivity index is 1.39. The van der Waals surface area contributed by atoms with Crippen LogP contribution in [0.1, 0.15) is 0 Å². The van der Waals surface area contributed by atoms with Gasteiger partial charge in [-0.15, -0.1) is 0 Å². The Bertz CT molecular complexity index is 930. The predicted molar refractivity (Wildman–Crippen MR) is 128 cm³/mol. The Morgan fingerprint density at radius 2 is 1.31 bits per heavy atom. The lowest BCUT2D eigenvalue weighted by molar-refractivity contribution is -0.393. The summed E-state index contributed by atoms with van der Waals surface area (Å²) in [4.78, 5) is 20.5. The minimum Gasteiger partial charge on any atom is -0.489 e. The van der Waals surface area contributed by atoms with Crippen molar-refractivity contribution in [3.63, 3.8) is 0 Å². The van der Waals surface area contributed by atoms with Crippen molar-refractivity contribution in [3.05, 3.63) is 62.7 Å². The number of nitro benzene ring substituents is 2. The zero-order valence-electron chi connectivity index (χ0n) is 19.3. The average Bonchev–Trinajstić information content (AvgIpc) is 2.84. The molecule has 2 aromatic rings. The van der Waals surface area contributed by atoms with Crippen LogP contribution in [0.3, 0.4) is 0 Å². The van der Waals surface area contributed by atoms with E-state index in [0.717, 1.165) is 6.07 Å². The van der Waals surface area contributed by atoms with Crippen LogP contribution in [-0.2, 0) is 18.9 Å². The average molecular weight is 495 g/mol. The van der Waals surface area contributed by atoms with Crippen LogP contribution in [0.5, 0.6) is 5.75 Å². The van der Waals surface area contributed by atoms with E-state index in [0.29, 0.717) is 70.8 Å². The van der Waals surface area contributed by atoms with Crippen LogP contribution in [0.25, 0.3) is 0 Å². The number of para-hydroxylation sites is 2. The van der Waals surface area contributed by atoms with Crippen molar-refractivity contribution in [2.75, 3.05) is 77.1 Å². The molecule has 0 radical (unpaired) electrons. The number of non-ortho nitro benzene ring substituents is 1. The highest BCUT2D eigenvalue weighted by Gasteiger charge is 2.18. The molecule has 0 aliphatic heterocycles. The van der Waals surface area contributed by atoms with Gasteiger partial charge in [0.25, 0.3) is 11.4 Å². The van der Waals surface area contributed by atoms with Gasteiger partial charge in [0.05, 0.1) is 74.5 Å². The van der Waals surface area contributed by atoms with Crippen molar-refractivity contribution in [2.45, 2.75) is 0 Å². The van der Waals surface area contributed by atoms with E-state index in [1.54, 1.807) is 12.1 Å². The van der Waals surface area contributed by atoms with Crippen molar-refractivity contribution in [1.82, 2.24) is 0 Å². The summed E-state index contributed by atoms with van der Waals surface area (Å²) in [5.41, 5.74) is 5.86.